The average molecular weight is 472 g/mol. The first-order chi connectivity index (χ1) is 11.5. The molecule has 1 aliphatic heterocycles. The molecule has 0 saturated heterocycles. The molecule has 2 N–H and O–H groups in total. The molecule has 0 spiro atoms. The van der Waals surface area contributed by atoms with E-state index < -0.39 is 5.60 Å². The first-order valence-electron chi connectivity index (χ1n) is 9.04. The van der Waals surface area contributed by atoms with Crippen LogP contribution in [0.5, 0.6) is 0 Å². The van der Waals surface area contributed by atoms with Crippen LogP contribution in [0, 0.1) is 54.8 Å². The Balaban J connectivity index is 0.000000240. The summed E-state index contributed by atoms with van der Waals surface area (Å²) < 4.78 is 0. The number of nitrogens with zero attached hydrogens (tertiary/aromatic N) is 1. The van der Waals surface area contributed by atoms with Gasteiger partial charge in [0.2, 0.25) is 0 Å². The number of fused-ring (bicyclic) bond motifs is 1. The van der Waals surface area contributed by atoms with Crippen LogP contribution in [0.3, 0.4) is 0 Å². The Bertz CT molecular complexity index is 530. The van der Waals surface area contributed by atoms with E-state index in [0.717, 1.165) is 38.5 Å². The first-order valence-corrected chi connectivity index (χ1v) is 9.04. The Morgan fingerprint density at radius 3 is 2.72 bits per heavy atom. The maximum absolute atomic E-state index is 10.0. The number of hydrogen-bond acceptors (Lipinski definition) is 4. The zero-order chi connectivity index (χ0) is 17.4. The van der Waals surface area contributed by atoms with Crippen LogP contribution in [0.15, 0.2) is 18.2 Å². The molecule has 5 heteroatoms. The molecule has 1 saturated carbocycles. The Hall–Kier alpha value is 0.00364. The van der Waals surface area contributed by atoms with Gasteiger partial charge in [0.25, 0.3) is 0 Å². The van der Waals surface area contributed by atoms with E-state index >= 15 is 0 Å². The summed E-state index contributed by atoms with van der Waals surface area (Å²) in [6.07, 6.45) is 7.22. The van der Waals surface area contributed by atoms with Gasteiger partial charge >= 0.3 is 0 Å². The van der Waals surface area contributed by atoms with Crippen LogP contribution in [0.1, 0.15) is 48.8 Å². The van der Waals surface area contributed by atoms with Crippen molar-refractivity contribution in [2.24, 2.45) is 0 Å². The number of carbonyl (C=O) groups is 1. The standard InChI is InChI=1S/C11H14N.C9H17NO2.Pr/c1-9-4-3-5-10-8-12(2)7-6-11(9)10;11-7-6-10-8-9(12)4-2-1-3-5-9;/h3-5,8H,6-7H2,1-2H3;7,10,12H,1-6,8H2;/q-1;;. The Morgan fingerprint density at radius 1 is 1.32 bits per heavy atom. The summed E-state index contributed by atoms with van der Waals surface area (Å²) in [6.45, 7) is 6.48. The van der Waals surface area contributed by atoms with E-state index in [1.54, 1.807) is 0 Å². The molecule has 1 radical (unpaired) electrons. The van der Waals surface area contributed by atoms with Crippen molar-refractivity contribution in [3.63, 3.8) is 0 Å². The van der Waals surface area contributed by atoms with Gasteiger partial charge in [-0.15, -0.1) is 23.7 Å². The molecular weight excluding hydrogens is 441 g/mol. The summed E-state index contributed by atoms with van der Waals surface area (Å²) in [4.78, 5) is 12.3. The van der Waals surface area contributed by atoms with Gasteiger partial charge in [-0.3, -0.25) is 0 Å². The number of aliphatic hydroxyl groups is 1. The van der Waals surface area contributed by atoms with Gasteiger partial charge in [0.05, 0.1) is 12.1 Å². The SMILES string of the molecule is Cc1cccc2c1CCN(C)[CH-]2.O=CCNCC1(O)CCCCC1.[Pr]. The van der Waals surface area contributed by atoms with Crippen molar-refractivity contribution in [2.75, 3.05) is 26.7 Å². The van der Waals surface area contributed by atoms with Crippen LogP contribution in [0.2, 0.25) is 0 Å². The molecule has 0 atom stereocenters. The molecule has 1 aromatic carbocycles. The van der Waals surface area contributed by atoms with Crippen LogP contribution in [0.4, 0.5) is 0 Å². The van der Waals surface area contributed by atoms with E-state index in [9.17, 15) is 9.90 Å². The summed E-state index contributed by atoms with van der Waals surface area (Å²) in [5, 5.41) is 12.8. The predicted octanol–water partition coefficient (Wildman–Crippen LogP) is 2.46. The van der Waals surface area contributed by atoms with Crippen molar-refractivity contribution in [1.82, 2.24) is 10.2 Å². The molecule has 0 amide bonds. The summed E-state index contributed by atoms with van der Waals surface area (Å²) in [7, 11) is 2.13. The van der Waals surface area contributed by atoms with Crippen molar-refractivity contribution in [2.45, 2.75) is 51.0 Å². The molecule has 0 aromatic heterocycles. The van der Waals surface area contributed by atoms with Gasteiger partial charge < -0.3 is 20.1 Å². The maximum atomic E-state index is 10.0. The maximum Gasteiger partial charge on any atom is 0.133 e. The second-order valence-electron chi connectivity index (χ2n) is 7.08. The summed E-state index contributed by atoms with van der Waals surface area (Å²) >= 11 is 0. The number of carbonyl (C=O) groups excluding carboxylic acids is 1. The number of aryl methyl sites for hydroxylation is 1. The third-order valence-corrected chi connectivity index (χ3v) is 4.99. The van der Waals surface area contributed by atoms with Crippen LogP contribution in [0.25, 0.3) is 0 Å². The van der Waals surface area contributed by atoms with Gasteiger partial charge in [0.15, 0.2) is 0 Å². The molecule has 3 rings (SSSR count). The van der Waals surface area contributed by atoms with Crippen molar-refractivity contribution in [3.05, 3.63) is 41.4 Å². The van der Waals surface area contributed by atoms with Crippen LogP contribution in [-0.4, -0.2) is 48.6 Å². The van der Waals surface area contributed by atoms with Gasteiger partial charge in [-0.1, -0.05) is 38.7 Å². The fraction of sp³-hybridized carbons (Fsp3) is 0.600. The van der Waals surface area contributed by atoms with E-state index in [1.807, 2.05) is 0 Å². The number of aldehydes is 1. The summed E-state index contributed by atoms with van der Waals surface area (Å²) in [6, 6.07) is 6.51. The number of likely N-dealkylation sites (N-methyl/N-ethyl adjacent to an activating group) is 1. The Labute approximate surface area is 185 Å². The van der Waals surface area contributed by atoms with Gasteiger partial charge in [-0.2, -0.15) is 11.6 Å². The third kappa shape index (κ3) is 7.64. The molecule has 1 heterocycles. The zero-order valence-corrected chi connectivity index (χ0v) is 19.3. The molecular formula is C20H31N2O2Pr-. The smallest absolute Gasteiger partial charge is 0.133 e. The largest absolute Gasteiger partial charge is 0.389 e. The second-order valence-corrected chi connectivity index (χ2v) is 7.08. The van der Waals surface area contributed by atoms with Crippen molar-refractivity contribution in [3.8, 4) is 0 Å². The van der Waals surface area contributed by atoms with Gasteiger partial charge in [-0.05, 0) is 26.4 Å². The molecule has 1 aromatic rings. The minimum atomic E-state index is -0.540. The number of rotatable bonds is 4. The molecule has 0 unspecified atom stereocenters. The average Bonchev–Trinajstić information content (AvgIpc) is 2.56. The van der Waals surface area contributed by atoms with E-state index in [4.69, 9.17) is 0 Å². The summed E-state index contributed by atoms with van der Waals surface area (Å²) in [5.41, 5.74) is 3.80. The van der Waals surface area contributed by atoms with E-state index in [2.05, 4.69) is 48.9 Å². The monoisotopic (exact) mass is 472 g/mol. The van der Waals surface area contributed by atoms with Gasteiger partial charge in [0.1, 0.15) is 6.29 Å². The quantitative estimate of drug-likeness (QED) is 0.402. The van der Waals surface area contributed by atoms with Gasteiger partial charge in [0, 0.05) is 47.8 Å². The second kappa shape index (κ2) is 11.7. The predicted molar refractivity (Wildman–Crippen MR) is 97.9 cm³/mol. The zero-order valence-electron chi connectivity index (χ0n) is 15.6. The molecule has 1 fully saturated rings. The van der Waals surface area contributed by atoms with Crippen molar-refractivity contribution >= 4 is 6.29 Å². The Morgan fingerprint density at radius 2 is 2.04 bits per heavy atom. The van der Waals surface area contributed by atoms with Gasteiger partial charge in [-0.25, -0.2) is 0 Å². The van der Waals surface area contributed by atoms with Crippen LogP contribution < -0.4 is 5.32 Å². The molecule has 0 bridgehead atoms. The molecule has 1 aliphatic carbocycles. The minimum absolute atomic E-state index is 0. The van der Waals surface area contributed by atoms with Crippen molar-refractivity contribution < 1.29 is 51.2 Å². The van der Waals surface area contributed by atoms with E-state index in [0.29, 0.717) is 13.1 Å². The topological polar surface area (TPSA) is 52.6 Å². The van der Waals surface area contributed by atoms with Crippen LogP contribution in [-0.2, 0) is 11.2 Å². The van der Waals surface area contributed by atoms with E-state index in [1.165, 1.54) is 29.5 Å². The fourth-order valence-corrected chi connectivity index (χ4v) is 3.53. The number of nitrogens with one attached hydrogen (secondary N) is 1. The molecule has 25 heavy (non-hydrogen) atoms. The first kappa shape index (κ1) is 23.0. The summed E-state index contributed by atoms with van der Waals surface area (Å²) in [5.74, 6) is 0. The van der Waals surface area contributed by atoms with Crippen molar-refractivity contribution in [1.29, 1.82) is 0 Å². The molecule has 137 valence electrons. The Kier molecular flexibility index (Phi) is 10.7. The molecule has 4 nitrogen and oxygen atoms in total. The number of benzene rings is 1. The van der Waals surface area contributed by atoms with E-state index in [-0.39, 0.29) is 41.3 Å². The normalized spacial score (nSPS) is 18.7. The number of hydrogen-bond donors (Lipinski definition) is 2. The fourth-order valence-electron chi connectivity index (χ4n) is 3.53. The minimum Gasteiger partial charge on any atom is -0.389 e. The molecule has 2 aliphatic rings. The third-order valence-electron chi connectivity index (χ3n) is 4.99. The van der Waals surface area contributed by atoms with Crippen LogP contribution >= 0.6 is 0 Å².